The lowest BCUT2D eigenvalue weighted by molar-refractivity contribution is 0.0953. The van der Waals surface area contributed by atoms with Crippen LogP contribution < -0.4 is 5.32 Å². The summed E-state index contributed by atoms with van der Waals surface area (Å²) < 4.78 is 9.11. The van der Waals surface area contributed by atoms with Crippen LogP contribution in [0.25, 0.3) is 0 Å². The van der Waals surface area contributed by atoms with Gasteiger partial charge in [0.15, 0.2) is 0 Å². The fraction of sp³-hybridized carbons (Fsp3) is 0.812. The van der Waals surface area contributed by atoms with Crippen molar-refractivity contribution in [1.82, 2.24) is 15.1 Å². The number of ether oxygens (including phenoxy) is 1. The zero-order chi connectivity index (χ0) is 15.4. The lowest BCUT2D eigenvalue weighted by Gasteiger charge is -2.27. The largest absolute Gasteiger partial charge is 0.378 e. The molecule has 1 aliphatic heterocycles. The minimum absolute atomic E-state index is 0.344. The van der Waals surface area contributed by atoms with Gasteiger partial charge in [-0.1, -0.05) is 13.8 Å². The summed E-state index contributed by atoms with van der Waals surface area (Å²) in [5.74, 6) is 0.585. The highest BCUT2D eigenvalue weighted by Crippen LogP contribution is 2.29. The third kappa shape index (κ3) is 3.69. The number of nitrogens with one attached hydrogen (secondary N) is 1. The van der Waals surface area contributed by atoms with Gasteiger partial charge in [-0.25, -0.2) is 0 Å². The Balaban J connectivity index is 2.22. The number of hydrogen-bond acceptors (Lipinski definition) is 3. The fourth-order valence-electron chi connectivity index (χ4n) is 3.33. The number of rotatable bonds is 7. The highest BCUT2D eigenvalue weighted by molar-refractivity contribution is 9.10. The van der Waals surface area contributed by atoms with Gasteiger partial charge < -0.3 is 10.1 Å². The third-order valence-corrected chi connectivity index (χ3v) is 5.44. The topological polar surface area (TPSA) is 39.1 Å². The molecule has 1 fully saturated rings. The van der Waals surface area contributed by atoms with Gasteiger partial charge in [-0.3, -0.25) is 4.68 Å². The normalized spacial score (nSPS) is 23.7. The Kier molecular flexibility index (Phi) is 6.26. The molecule has 0 spiro atoms. The van der Waals surface area contributed by atoms with E-state index in [0.717, 1.165) is 44.7 Å². The standard InChI is InChI=1S/C16H28BrN3O/c1-5-13-16(17)15(20(7-3)19-13)10-14(18-6-2)12-8-9-21-11(12)4/h11-12,14,18H,5-10H2,1-4H3. The minimum atomic E-state index is 0.344. The Labute approximate surface area is 136 Å². The van der Waals surface area contributed by atoms with Crippen LogP contribution in [0.2, 0.25) is 0 Å². The van der Waals surface area contributed by atoms with Crippen molar-refractivity contribution >= 4 is 15.9 Å². The molecule has 1 aliphatic rings. The smallest absolute Gasteiger partial charge is 0.0766 e. The van der Waals surface area contributed by atoms with Crippen molar-refractivity contribution in [3.05, 3.63) is 15.9 Å². The van der Waals surface area contributed by atoms with Crippen LogP contribution in [0, 0.1) is 5.92 Å². The van der Waals surface area contributed by atoms with Crippen molar-refractivity contribution < 1.29 is 4.74 Å². The molecule has 2 rings (SSSR count). The second-order valence-electron chi connectivity index (χ2n) is 5.77. The average Bonchev–Trinajstić information content (AvgIpc) is 3.03. The van der Waals surface area contributed by atoms with Crippen LogP contribution in [0.4, 0.5) is 0 Å². The maximum Gasteiger partial charge on any atom is 0.0766 e. The molecule has 5 heteroatoms. The molecule has 21 heavy (non-hydrogen) atoms. The van der Waals surface area contributed by atoms with Crippen LogP contribution >= 0.6 is 15.9 Å². The number of aromatic nitrogens is 2. The van der Waals surface area contributed by atoms with E-state index in [-0.39, 0.29) is 0 Å². The van der Waals surface area contributed by atoms with Crippen molar-refractivity contribution in [2.75, 3.05) is 13.2 Å². The number of nitrogens with zero attached hydrogens (tertiary/aromatic N) is 2. The molecule has 0 aromatic carbocycles. The molecular weight excluding hydrogens is 330 g/mol. The van der Waals surface area contributed by atoms with E-state index in [1.807, 2.05) is 0 Å². The van der Waals surface area contributed by atoms with Crippen LogP contribution in [0.15, 0.2) is 4.47 Å². The van der Waals surface area contributed by atoms with Gasteiger partial charge in [-0.05, 0) is 49.2 Å². The maximum absolute atomic E-state index is 5.77. The van der Waals surface area contributed by atoms with E-state index >= 15 is 0 Å². The fourth-order valence-corrected chi connectivity index (χ4v) is 4.06. The summed E-state index contributed by atoms with van der Waals surface area (Å²) in [5, 5.41) is 8.38. The Morgan fingerprint density at radius 2 is 2.19 bits per heavy atom. The molecule has 1 saturated heterocycles. The quantitative estimate of drug-likeness (QED) is 0.814. The van der Waals surface area contributed by atoms with Crippen molar-refractivity contribution in [2.24, 2.45) is 5.92 Å². The van der Waals surface area contributed by atoms with Crippen LogP contribution in [0.5, 0.6) is 0 Å². The summed E-state index contributed by atoms with van der Waals surface area (Å²) in [6, 6.07) is 0.454. The van der Waals surface area contributed by atoms with E-state index in [4.69, 9.17) is 9.84 Å². The SMILES string of the molecule is CCNC(Cc1c(Br)c(CC)nn1CC)C1CCOC1C. The summed E-state index contributed by atoms with van der Waals surface area (Å²) >= 11 is 3.76. The van der Waals surface area contributed by atoms with Crippen molar-refractivity contribution in [3.63, 3.8) is 0 Å². The molecule has 0 aliphatic carbocycles. The molecule has 0 radical (unpaired) electrons. The van der Waals surface area contributed by atoms with Gasteiger partial charge in [0.1, 0.15) is 0 Å². The van der Waals surface area contributed by atoms with Crippen LogP contribution in [-0.4, -0.2) is 35.1 Å². The molecule has 2 heterocycles. The Hall–Kier alpha value is -0.390. The molecule has 0 saturated carbocycles. The molecule has 1 aromatic rings. The summed E-state index contributed by atoms with van der Waals surface area (Å²) in [5.41, 5.74) is 2.48. The first kappa shape index (κ1) is 17.0. The van der Waals surface area contributed by atoms with Gasteiger partial charge in [0.2, 0.25) is 0 Å². The van der Waals surface area contributed by atoms with Crippen LogP contribution in [0.3, 0.4) is 0 Å². The van der Waals surface area contributed by atoms with Gasteiger partial charge in [0.05, 0.1) is 22.0 Å². The van der Waals surface area contributed by atoms with E-state index in [0.29, 0.717) is 18.1 Å². The van der Waals surface area contributed by atoms with E-state index < -0.39 is 0 Å². The first-order chi connectivity index (χ1) is 10.1. The van der Waals surface area contributed by atoms with Crippen molar-refractivity contribution in [2.45, 2.75) is 65.6 Å². The van der Waals surface area contributed by atoms with E-state index in [1.165, 1.54) is 10.2 Å². The zero-order valence-electron chi connectivity index (χ0n) is 13.7. The van der Waals surface area contributed by atoms with Gasteiger partial charge in [0.25, 0.3) is 0 Å². The molecular formula is C16H28BrN3O. The van der Waals surface area contributed by atoms with Crippen molar-refractivity contribution in [1.29, 1.82) is 0 Å². The lowest BCUT2D eigenvalue weighted by atomic mass is 9.90. The minimum Gasteiger partial charge on any atom is -0.378 e. The molecule has 1 N–H and O–H groups in total. The number of hydrogen-bond donors (Lipinski definition) is 1. The second-order valence-corrected chi connectivity index (χ2v) is 6.57. The Morgan fingerprint density at radius 3 is 2.71 bits per heavy atom. The molecule has 1 aromatic heterocycles. The van der Waals surface area contributed by atoms with Gasteiger partial charge in [-0.2, -0.15) is 5.10 Å². The van der Waals surface area contributed by atoms with Gasteiger partial charge in [0, 0.05) is 31.5 Å². The molecule has 0 amide bonds. The summed E-state index contributed by atoms with van der Waals surface area (Å²) in [4.78, 5) is 0. The van der Waals surface area contributed by atoms with E-state index in [1.54, 1.807) is 0 Å². The highest BCUT2D eigenvalue weighted by atomic mass is 79.9. The monoisotopic (exact) mass is 357 g/mol. The molecule has 3 unspecified atom stereocenters. The zero-order valence-corrected chi connectivity index (χ0v) is 15.2. The summed E-state index contributed by atoms with van der Waals surface area (Å²) in [7, 11) is 0. The maximum atomic E-state index is 5.77. The molecule has 120 valence electrons. The Morgan fingerprint density at radius 1 is 1.43 bits per heavy atom. The van der Waals surface area contributed by atoms with Crippen LogP contribution in [0.1, 0.15) is 45.5 Å². The average molecular weight is 358 g/mol. The first-order valence-electron chi connectivity index (χ1n) is 8.21. The van der Waals surface area contributed by atoms with E-state index in [2.05, 4.69) is 53.6 Å². The predicted molar refractivity (Wildman–Crippen MR) is 89.7 cm³/mol. The lowest BCUT2D eigenvalue weighted by Crippen LogP contribution is -2.41. The predicted octanol–water partition coefficient (Wildman–Crippen LogP) is 3.17. The summed E-state index contributed by atoms with van der Waals surface area (Å²) in [6.07, 6.45) is 3.47. The summed E-state index contributed by atoms with van der Waals surface area (Å²) in [6.45, 7) is 11.5. The third-order valence-electron chi connectivity index (χ3n) is 4.53. The molecule has 0 bridgehead atoms. The molecule has 4 nitrogen and oxygen atoms in total. The highest BCUT2D eigenvalue weighted by Gasteiger charge is 2.32. The first-order valence-corrected chi connectivity index (χ1v) is 9.00. The van der Waals surface area contributed by atoms with Crippen LogP contribution in [-0.2, 0) is 24.1 Å². The van der Waals surface area contributed by atoms with Gasteiger partial charge in [-0.15, -0.1) is 0 Å². The second kappa shape index (κ2) is 7.75. The van der Waals surface area contributed by atoms with Crippen molar-refractivity contribution in [3.8, 4) is 0 Å². The van der Waals surface area contributed by atoms with Gasteiger partial charge >= 0.3 is 0 Å². The van der Waals surface area contributed by atoms with E-state index in [9.17, 15) is 0 Å². The number of likely N-dealkylation sites (N-methyl/N-ethyl adjacent to an activating group) is 1. The number of aryl methyl sites for hydroxylation is 2. The number of halogens is 1. The Bertz CT molecular complexity index is 461. The molecule has 3 atom stereocenters.